The molecule has 1 aromatic carbocycles. The first kappa shape index (κ1) is 33.0. The SMILES string of the molecule is C=C[C@@]12CCc3cc(NS(=O)(=O)O)ccc3[C@H]1[C@@H](CCCCC(O)C(F)(F)C(F)(F)C(F)(F)F)C[C@@]1(C)[C@H]2CC[C@@H]1O. The van der Waals surface area contributed by atoms with Crippen LogP contribution in [0.3, 0.4) is 0 Å². The van der Waals surface area contributed by atoms with E-state index in [2.05, 4.69) is 6.58 Å². The van der Waals surface area contributed by atoms with E-state index in [1.807, 2.05) is 17.7 Å². The van der Waals surface area contributed by atoms with E-state index in [4.69, 9.17) is 0 Å². The quantitative estimate of drug-likeness (QED) is 0.100. The average Bonchev–Trinajstić information content (AvgIpc) is 3.18. The molecule has 6 nitrogen and oxygen atoms in total. The monoisotopic (exact) mass is 631 g/mol. The number of halogens is 7. The molecule has 4 N–H and O–H groups in total. The Morgan fingerprint density at radius 2 is 1.81 bits per heavy atom. The molecule has 0 saturated heterocycles. The van der Waals surface area contributed by atoms with E-state index in [0.29, 0.717) is 32.1 Å². The van der Waals surface area contributed by atoms with Gasteiger partial charge in [0.05, 0.1) is 11.8 Å². The van der Waals surface area contributed by atoms with Crippen molar-refractivity contribution in [2.45, 2.75) is 101 Å². The van der Waals surface area contributed by atoms with Gasteiger partial charge >= 0.3 is 28.3 Å². The van der Waals surface area contributed by atoms with Crippen LogP contribution in [0.1, 0.15) is 75.3 Å². The largest absolute Gasteiger partial charge is 0.459 e. The summed E-state index contributed by atoms with van der Waals surface area (Å²) in [6.07, 6.45) is -6.06. The predicted molar refractivity (Wildman–Crippen MR) is 141 cm³/mol. The number of aliphatic hydroxyl groups excluding tert-OH is 2. The first-order valence-corrected chi connectivity index (χ1v) is 15.4. The number of rotatable bonds is 10. The minimum atomic E-state index is -6.52. The Labute approximate surface area is 240 Å². The molecule has 2 saturated carbocycles. The summed E-state index contributed by atoms with van der Waals surface area (Å²) in [5.41, 5.74) is 0.943. The number of aliphatic hydroxyl groups is 2. The zero-order chi connectivity index (χ0) is 31.5. The third kappa shape index (κ3) is 5.45. The lowest BCUT2D eigenvalue weighted by Crippen LogP contribution is -2.57. The summed E-state index contributed by atoms with van der Waals surface area (Å²) < 4.78 is 126. The van der Waals surface area contributed by atoms with Crippen molar-refractivity contribution in [3.05, 3.63) is 42.0 Å². The molecule has 1 unspecified atom stereocenters. The van der Waals surface area contributed by atoms with Crippen LogP contribution in [0.4, 0.5) is 36.4 Å². The van der Waals surface area contributed by atoms with Gasteiger partial charge in [-0.25, -0.2) is 0 Å². The molecule has 0 amide bonds. The van der Waals surface area contributed by atoms with Crippen LogP contribution < -0.4 is 4.72 Å². The number of hydrogen-bond donors (Lipinski definition) is 4. The van der Waals surface area contributed by atoms with Crippen LogP contribution in [0.25, 0.3) is 0 Å². The van der Waals surface area contributed by atoms with Gasteiger partial charge in [-0.05, 0) is 96.8 Å². The summed E-state index contributed by atoms with van der Waals surface area (Å²) in [5, 5.41) is 20.7. The maximum atomic E-state index is 13.9. The maximum Gasteiger partial charge on any atom is 0.459 e. The number of alkyl halides is 7. The smallest absolute Gasteiger partial charge is 0.393 e. The molecule has 42 heavy (non-hydrogen) atoms. The minimum absolute atomic E-state index is 0.0626. The highest BCUT2D eigenvalue weighted by Crippen LogP contribution is 2.69. The summed E-state index contributed by atoms with van der Waals surface area (Å²) in [6, 6.07) is 4.90. The second kappa shape index (κ2) is 10.9. The third-order valence-corrected chi connectivity index (χ3v) is 10.6. The van der Waals surface area contributed by atoms with Crippen molar-refractivity contribution in [2.24, 2.45) is 22.7 Å². The number of aryl methyl sites for hydroxylation is 1. The number of fused-ring (bicyclic) bond motifs is 5. The standard InChI is InChI=1S/C28H36F7NO5S/c1-3-25-13-12-16-14-18(36-42(39,40)41)8-9-19(16)23(25)17(15-24(2)20(25)10-11-21(24)37)6-4-5-7-22(38)26(29,30)27(31,32)28(33,34)35/h3,8-9,14,17,20-23,36-38H,1,4-7,10-13,15H2,2H3,(H,39,40,41)/t17-,20+,21-,22?,23+,24-,25-/m0/s1. The lowest BCUT2D eigenvalue weighted by molar-refractivity contribution is -0.371. The van der Waals surface area contributed by atoms with Crippen molar-refractivity contribution >= 4 is 16.0 Å². The Morgan fingerprint density at radius 3 is 2.40 bits per heavy atom. The summed E-state index contributed by atoms with van der Waals surface area (Å²) in [5.74, 6) is -12.4. The predicted octanol–water partition coefficient (Wildman–Crippen LogP) is 6.65. The molecule has 4 rings (SSSR count). The highest BCUT2D eigenvalue weighted by molar-refractivity contribution is 7.87. The van der Waals surface area contributed by atoms with E-state index in [-0.39, 0.29) is 36.3 Å². The number of hydrogen-bond acceptors (Lipinski definition) is 4. The molecular weight excluding hydrogens is 595 g/mol. The lowest BCUT2D eigenvalue weighted by atomic mass is 9.44. The van der Waals surface area contributed by atoms with Gasteiger partial charge in [0.2, 0.25) is 0 Å². The fourth-order valence-corrected chi connectivity index (χ4v) is 8.67. The molecular formula is C28H36F7NO5S. The Bertz CT molecular complexity index is 1290. The first-order valence-electron chi connectivity index (χ1n) is 13.9. The van der Waals surface area contributed by atoms with Gasteiger partial charge in [-0.1, -0.05) is 31.9 Å². The normalized spacial score (nSPS) is 32.5. The van der Waals surface area contributed by atoms with Crippen LogP contribution in [-0.4, -0.2) is 53.4 Å². The van der Waals surface area contributed by atoms with Gasteiger partial charge in [-0.15, -0.1) is 6.58 Å². The van der Waals surface area contributed by atoms with Crippen LogP contribution in [0.15, 0.2) is 30.9 Å². The summed E-state index contributed by atoms with van der Waals surface area (Å²) >= 11 is 0. The van der Waals surface area contributed by atoms with E-state index in [1.54, 1.807) is 12.1 Å². The van der Waals surface area contributed by atoms with E-state index >= 15 is 0 Å². The zero-order valence-corrected chi connectivity index (χ0v) is 23.8. The van der Waals surface area contributed by atoms with Gasteiger partial charge in [-0.3, -0.25) is 9.27 Å². The summed E-state index contributed by atoms with van der Waals surface area (Å²) in [7, 11) is -4.51. The van der Waals surface area contributed by atoms with E-state index in [9.17, 15) is 53.9 Å². The molecule has 0 radical (unpaired) electrons. The van der Waals surface area contributed by atoms with Gasteiger partial charge in [0.1, 0.15) is 6.10 Å². The molecule has 3 aliphatic rings. The van der Waals surface area contributed by atoms with Crippen LogP contribution in [0.2, 0.25) is 0 Å². The first-order chi connectivity index (χ1) is 19.2. The molecule has 0 aromatic heterocycles. The number of unbranched alkanes of at least 4 members (excludes halogenated alkanes) is 1. The van der Waals surface area contributed by atoms with Crippen molar-refractivity contribution in [1.29, 1.82) is 0 Å². The van der Waals surface area contributed by atoms with Gasteiger partial charge < -0.3 is 10.2 Å². The van der Waals surface area contributed by atoms with Crippen LogP contribution >= 0.6 is 0 Å². The lowest BCUT2D eigenvalue weighted by Gasteiger charge is -2.60. The number of allylic oxidation sites excluding steroid dienone is 1. The van der Waals surface area contributed by atoms with E-state index in [1.165, 1.54) is 6.07 Å². The molecule has 3 aliphatic carbocycles. The Kier molecular flexibility index (Phi) is 8.58. The van der Waals surface area contributed by atoms with Crippen molar-refractivity contribution in [3.63, 3.8) is 0 Å². The Morgan fingerprint density at radius 1 is 1.14 bits per heavy atom. The third-order valence-electron chi connectivity index (χ3n) is 10.1. The van der Waals surface area contributed by atoms with Gasteiger partial charge in [-0.2, -0.15) is 39.2 Å². The fourth-order valence-electron chi connectivity index (χ4n) is 8.24. The van der Waals surface area contributed by atoms with Crippen molar-refractivity contribution < 1.29 is 53.9 Å². The highest BCUT2D eigenvalue weighted by atomic mass is 32.2. The van der Waals surface area contributed by atoms with E-state index < -0.39 is 57.8 Å². The second-order valence-corrected chi connectivity index (χ2v) is 13.6. The number of nitrogens with one attached hydrogen (secondary N) is 1. The molecule has 0 heterocycles. The highest BCUT2D eigenvalue weighted by Gasteiger charge is 2.75. The fraction of sp³-hybridized carbons (Fsp3) is 0.714. The average molecular weight is 632 g/mol. The molecule has 0 aliphatic heterocycles. The van der Waals surface area contributed by atoms with Crippen molar-refractivity contribution in [2.75, 3.05) is 4.72 Å². The zero-order valence-electron chi connectivity index (χ0n) is 23.0. The summed E-state index contributed by atoms with van der Waals surface area (Å²) in [4.78, 5) is 0. The van der Waals surface area contributed by atoms with Crippen LogP contribution in [-0.2, 0) is 16.7 Å². The minimum Gasteiger partial charge on any atom is -0.393 e. The molecule has 238 valence electrons. The number of anilines is 1. The van der Waals surface area contributed by atoms with Crippen LogP contribution in [0.5, 0.6) is 0 Å². The molecule has 1 aromatic rings. The maximum absolute atomic E-state index is 13.9. The molecule has 2 fully saturated rings. The van der Waals surface area contributed by atoms with Gasteiger partial charge in [0.25, 0.3) is 0 Å². The van der Waals surface area contributed by atoms with Crippen LogP contribution in [0, 0.1) is 22.7 Å². The molecule has 7 atom stereocenters. The molecule has 0 bridgehead atoms. The van der Waals surface area contributed by atoms with Crippen molar-refractivity contribution in [1.82, 2.24) is 0 Å². The molecule has 14 heteroatoms. The Balaban J connectivity index is 1.59. The molecule has 0 spiro atoms. The van der Waals surface area contributed by atoms with E-state index in [0.717, 1.165) is 17.5 Å². The Hall–Kier alpha value is -1.90. The number of benzene rings is 1. The second-order valence-electron chi connectivity index (χ2n) is 12.4. The summed E-state index contributed by atoms with van der Waals surface area (Å²) in [6.45, 7) is 6.16. The van der Waals surface area contributed by atoms with Gasteiger partial charge in [0.15, 0.2) is 0 Å². The topological polar surface area (TPSA) is 107 Å². The van der Waals surface area contributed by atoms with Gasteiger partial charge in [0, 0.05) is 0 Å². The van der Waals surface area contributed by atoms with Crippen molar-refractivity contribution in [3.8, 4) is 0 Å².